The van der Waals surface area contributed by atoms with Crippen molar-refractivity contribution in [2.45, 2.75) is 69.0 Å². The average molecular weight is 754 g/mol. The molecule has 0 radical (unpaired) electrons. The second-order valence-electron chi connectivity index (χ2n) is 13.7. The number of aliphatic hydroxyl groups excluding tert-OH is 2. The van der Waals surface area contributed by atoms with Crippen LogP contribution in [0.3, 0.4) is 0 Å². The van der Waals surface area contributed by atoms with Crippen LogP contribution >= 0.6 is 0 Å². The number of benzene rings is 3. The fourth-order valence-corrected chi connectivity index (χ4v) is 7.03. The van der Waals surface area contributed by atoms with Crippen LogP contribution in [0.4, 0.5) is 13.2 Å². The topological polar surface area (TPSA) is 158 Å². The zero-order valence-corrected chi connectivity index (χ0v) is 29.8. The standard InChI is InChI=1S/C39H42F3N3O9/c1-52-26-14-22(15-27(17-26)53-2)18-45(25-9-10-25)37(48)32-28(16-24-19-44(20-31(32)43-24)38(49)34(46)35(47)39(50)51)23-7-5-21(6-8-23)4-3-13-54-36-30(41)12-11-29(40)33(36)42/h5-8,11-12,14-15,17,24-25,31,34-35,43,46-47H,3-4,9-10,13,16,18-20H2,1-2H3,(H,50,51)/t24-,31-,34-,35?/m1/s1. The highest BCUT2D eigenvalue weighted by atomic mass is 19.2. The molecular weight excluding hydrogens is 711 g/mol. The number of aliphatic carboxylic acids is 1. The minimum atomic E-state index is -2.31. The number of carbonyl (C=O) groups is 3. The molecule has 1 unspecified atom stereocenters. The summed E-state index contributed by atoms with van der Waals surface area (Å²) in [6, 6.07) is 13.4. The SMILES string of the molecule is COc1cc(CN(C(=O)C2=C(c3ccc(CCCOc4c(F)ccc(F)c4F)cc3)C[C@@H]3CN(C(=O)[C@H](O)C(O)C(=O)O)C[C@H]2N3)C2CC2)cc(OC)c1. The van der Waals surface area contributed by atoms with Gasteiger partial charge in [0.15, 0.2) is 29.6 Å². The van der Waals surface area contributed by atoms with Crippen molar-refractivity contribution < 1.29 is 57.1 Å². The molecule has 2 fully saturated rings. The summed E-state index contributed by atoms with van der Waals surface area (Å²) in [5.41, 5.74) is 3.66. The smallest absolute Gasteiger partial charge is 0.335 e. The Morgan fingerprint density at radius 1 is 0.907 bits per heavy atom. The van der Waals surface area contributed by atoms with Crippen molar-refractivity contribution >= 4 is 23.4 Å². The Kier molecular flexibility index (Phi) is 11.8. The van der Waals surface area contributed by atoms with Gasteiger partial charge in [0.2, 0.25) is 5.82 Å². The van der Waals surface area contributed by atoms with Gasteiger partial charge in [-0.25, -0.2) is 13.6 Å². The van der Waals surface area contributed by atoms with Gasteiger partial charge in [0.1, 0.15) is 11.5 Å². The van der Waals surface area contributed by atoms with E-state index < -0.39 is 53.3 Å². The Hall–Kier alpha value is -5.12. The van der Waals surface area contributed by atoms with Gasteiger partial charge in [0.25, 0.3) is 11.8 Å². The number of fused-ring (bicyclic) bond motifs is 2. The van der Waals surface area contributed by atoms with Gasteiger partial charge in [-0.2, -0.15) is 4.39 Å². The second kappa shape index (κ2) is 16.5. The molecule has 54 heavy (non-hydrogen) atoms. The predicted octanol–water partition coefficient (Wildman–Crippen LogP) is 3.46. The maximum atomic E-state index is 14.8. The molecule has 4 N–H and O–H groups in total. The Morgan fingerprint density at radius 2 is 1.57 bits per heavy atom. The number of aliphatic hydroxyl groups is 2. The molecule has 0 spiro atoms. The quantitative estimate of drug-likeness (QED) is 0.134. The van der Waals surface area contributed by atoms with Crippen LogP contribution in [0, 0.1) is 17.5 Å². The second-order valence-corrected chi connectivity index (χ2v) is 13.7. The average Bonchev–Trinajstić information content (AvgIpc) is 4.02. The van der Waals surface area contributed by atoms with Crippen molar-refractivity contribution in [3.63, 3.8) is 0 Å². The van der Waals surface area contributed by atoms with Crippen LogP contribution in [0.1, 0.15) is 42.4 Å². The molecule has 3 aliphatic rings. The first-order chi connectivity index (χ1) is 25.9. The number of methoxy groups -OCH3 is 2. The van der Waals surface area contributed by atoms with Gasteiger partial charge in [-0.05, 0) is 78.6 Å². The minimum absolute atomic E-state index is 0.0334. The third-order valence-electron chi connectivity index (χ3n) is 9.93. The van der Waals surface area contributed by atoms with Crippen LogP contribution < -0.4 is 19.5 Å². The van der Waals surface area contributed by atoms with Crippen LogP contribution in [-0.4, -0.2) is 107 Å². The third kappa shape index (κ3) is 8.48. The van der Waals surface area contributed by atoms with E-state index in [0.29, 0.717) is 42.4 Å². The molecule has 4 atom stereocenters. The van der Waals surface area contributed by atoms with Gasteiger partial charge in [0, 0.05) is 43.4 Å². The highest BCUT2D eigenvalue weighted by Gasteiger charge is 2.45. The number of carbonyl (C=O) groups excluding carboxylic acids is 2. The maximum Gasteiger partial charge on any atom is 0.335 e. The van der Waals surface area contributed by atoms with Gasteiger partial charge in [-0.15, -0.1) is 0 Å². The van der Waals surface area contributed by atoms with E-state index in [9.17, 15) is 42.9 Å². The summed E-state index contributed by atoms with van der Waals surface area (Å²) in [4.78, 5) is 42.4. The number of amides is 2. The number of hydrogen-bond acceptors (Lipinski definition) is 9. The first-order valence-corrected chi connectivity index (χ1v) is 17.6. The molecule has 3 aromatic rings. The first-order valence-electron chi connectivity index (χ1n) is 17.6. The Bertz CT molecular complexity index is 1900. The predicted molar refractivity (Wildman–Crippen MR) is 188 cm³/mol. The van der Waals surface area contributed by atoms with E-state index in [4.69, 9.17) is 14.2 Å². The fraction of sp³-hybridized carbons (Fsp3) is 0.410. The van der Waals surface area contributed by atoms with Gasteiger partial charge in [-0.3, -0.25) is 9.59 Å². The zero-order valence-electron chi connectivity index (χ0n) is 29.8. The van der Waals surface area contributed by atoms with Crippen molar-refractivity contribution in [2.75, 3.05) is 33.9 Å². The third-order valence-corrected chi connectivity index (χ3v) is 9.93. The van der Waals surface area contributed by atoms with Crippen molar-refractivity contribution in [1.82, 2.24) is 15.1 Å². The molecule has 1 saturated heterocycles. The lowest BCUT2D eigenvalue weighted by Gasteiger charge is -2.45. The molecule has 288 valence electrons. The number of carboxylic acids is 1. The van der Waals surface area contributed by atoms with Crippen molar-refractivity contribution in [3.05, 3.63) is 94.3 Å². The van der Waals surface area contributed by atoms with Gasteiger partial charge >= 0.3 is 5.97 Å². The summed E-state index contributed by atoms with van der Waals surface area (Å²) in [5, 5.41) is 32.9. The number of halogens is 3. The van der Waals surface area contributed by atoms with E-state index in [1.165, 1.54) is 4.90 Å². The maximum absolute atomic E-state index is 14.8. The number of ether oxygens (including phenoxy) is 3. The van der Waals surface area contributed by atoms with Crippen LogP contribution in [0.2, 0.25) is 0 Å². The van der Waals surface area contributed by atoms with Crippen LogP contribution in [0.15, 0.2) is 60.2 Å². The summed E-state index contributed by atoms with van der Waals surface area (Å²) in [5.74, 6) is -6.13. The number of nitrogens with one attached hydrogen (secondary N) is 1. The number of hydrogen-bond donors (Lipinski definition) is 4. The molecule has 2 heterocycles. The van der Waals surface area contributed by atoms with E-state index in [-0.39, 0.29) is 44.2 Å². The van der Waals surface area contributed by atoms with Crippen LogP contribution in [0.25, 0.3) is 5.57 Å². The molecule has 15 heteroatoms. The molecule has 1 aliphatic carbocycles. The molecule has 2 amide bonds. The summed E-state index contributed by atoms with van der Waals surface area (Å²) in [6.45, 7) is 0.242. The molecule has 12 nitrogen and oxygen atoms in total. The lowest BCUT2D eigenvalue weighted by molar-refractivity contribution is -0.163. The van der Waals surface area contributed by atoms with E-state index in [0.717, 1.165) is 41.2 Å². The Morgan fingerprint density at radius 3 is 2.20 bits per heavy atom. The molecule has 2 aliphatic heterocycles. The summed E-state index contributed by atoms with van der Waals surface area (Å²) in [6.07, 6.45) is -1.70. The van der Waals surface area contributed by atoms with Crippen LogP contribution in [0.5, 0.6) is 17.2 Å². The molecular formula is C39H42F3N3O9. The summed E-state index contributed by atoms with van der Waals surface area (Å²) in [7, 11) is 3.08. The highest BCUT2D eigenvalue weighted by Crippen LogP contribution is 2.38. The molecule has 0 aromatic heterocycles. The van der Waals surface area contributed by atoms with Crippen molar-refractivity contribution in [3.8, 4) is 17.2 Å². The van der Waals surface area contributed by atoms with Gasteiger partial charge in [0.05, 0.1) is 26.9 Å². The van der Waals surface area contributed by atoms with E-state index in [1.807, 2.05) is 36.4 Å². The summed E-state index contributed by atoms with van der Waals surface area (Å²) < 4.78 is 57.6. The molecule has 3 aromatic carbocycles. The minimum Gasteiger partial charge on any atom is -0.497 e. The molecule has 1 saturated carbocycles. The van der Waals surface area contributed by atoms with E-state index in [2.05, 4.69) is 5.32 Å². The number of piperazine rings is 1. The lowest BCUT2D eigenvalue weighted by atomic mass is 9.82. The number of aryl methyl sites for hydroxylation is 1. The number of rotatable bonds is 15. The monoisotopic (exact) mass is 753 g/mol. The number of nitrogens with zero attached hydrogens (tertiary/aromatic N) is 2. The van der Waals surface area contributed by atoms with Gasteiger partial charge < -0.3 is 44.6 Å². The largest absolute Gasteiger partial charge is 0.497 e. The summed E-state index contributed by atoms with van der Waals surface area (Å²) >= 11 is 0. The highest BCUT2D eigenvalue weighted by molar-refractivity contribution is 6.03. The lowest BCUT2D eigenvalue weighted by Crippen LogP contribution is -2.64. The van der Waals surface area contributed by atoms with Crippen LogP contribution in [-0.2, 0) is 27.3 Å². The number of carboxylic acid groups (broad SMARTS) is 1. The van der Waals surface area contributed by atoms with Crippen molar-refractivity contribution in [2.24, 2.45) is 0 Å². The van der Waals surface area contributed by atoms with E-state index in [1.54, 1.807) is 25.2 Å². The normalized spacial score (nSPS) is 19.2. The molecule has 6 rings (SSSR count). The van der Waals surface area contributed by atoms with E-state index >= 15 is 0 Å². The Labute approximate surface area is 309 Å². The fourth-order valence-electron chi connectivity index (χ4n) is 7.03. The van der Waals surface area contributed by atoms with Crippen molar-refractivity contribution in [1.29, 1.82) is 0 Å². The zero-order chi connectivity index (χ0) is 38.7. The Balaban J connectivity index is 1.27. The first kappa shape index (κ1) is 38.6. The van der Waals surface area contributed by atoms with Gasteiger partial charge in [-0.1, -0.05) is 24.3 Å². The molecule has 2 bridgehead atoms.